The fourth-order valence-electron chi connectivity index (χ4n) is 3.32. The van der Waals surface area contributed by atoms with Gasteiger partial charge < -0.3 is 4.57 Å². The lowest BCUT2D eigenvalue weighted by atomic mass is 10.1. The fraction of sp³-hybridized carbons (Fsp3) is 0.769. The van der Waals surface area contributed by atoms with Crippen LogP contribution in [0.2, 0.25) is 0 Å². The Morgan fingerprint density at radius 1 is 1.00 bits per heavy atom. The summed E-state index contributed by atoms with van der Waals surface area (Å²) >= 11 is 0. The Morgan fingerprint density at radius 2 is 1.67 bits per heavy atom. The molecule has 0 N–H and O–H groups in total. The van der Waals surface area contributed by atoms with Gasteiger partial charge in [0, 0.05) is 24.4 Å². The van der Waals surface area contributed by atoms with Gasteiger partial charge in [0.2, 0.25) is 0 Å². The second kappa shape index (κ2) is 3.99. The lowest BCUT2D eigenvalue weighted by Gasteiger charge is -2.18. The van der Waals surface area contributed by atoms with Crippen molar-refractivity contribution in [3.05, 3.63) is 18.2 Å². The Labute approximate surface area is 91.7 Å². The van der Waals surface area contributed by atoms with E-state index in [-0.39, 0.29) is 0 Å². The van der Waals surface area contributed by atoms with Crippen LogP contribution < -0.4 is 0 Å². The van der Waals surface area contributed by atoms with Crippen molar-refractivity contribution in [2.45, 2.75) is 63.3 Å². The molecule has 2 fully saturated rings. The highest BCUT2D eigenvalue weighted by Gasteiger charge is 2.25. The van der Waals surface area contributed by atoms with Gasteiger partial charge in [-0.05, 0) is 25.7 Å². The van der Waals surface area contributed by atoms with Gasteiger partial charge in [-0.2, -0.15) is 0 Å². The van der Waals surface area contributed by atoms with E-state index in [2.05, 4.69) is 15.7 Å². The molecule has 2 heteroatoms. The van der Waals surface area contributed by atoms with Crippen LogP contribution in [0.25, 0.3) is 0 Å². The summed E-state index contributed by atoms with van der Waals surface area (Å²) in [5.74, 6) is 2.15. The van der Waals surface area contributed by atoms with Crippen molar-refractivity contribution in [1.82, 2.24) is 9.55 Å². The van der Waals surface area contributed by atoms with Crippen LogP contribution in [-0.2, 0) is 0 Å². The Bertz CT molecular complexity index is 287. The Morgan fingerprint density at radius 3 is 2.40 bits per heavy atom. The summed E-state index contributed by atoms with van der Waals surface area (Å²) < 4.78 is 2.49. The Hall–Kier alpha value is -0.790. The molecule has 2 saturated carbocycles. The van der Waals surface area contributed by atoms with Crippen molar-refractivity contribution in [2.24, 2.45) is 0 Å². The first-order valence-corrected chi connectivity index (χ1v) is 6.48. The summed E-state index contributed by atoms with van der Waals surface area (Å²) in [6.07, 6.45) is 15.3. The molecular weight excluding hydrogens is 184 g/mol. The van der Waals surface area contributed by atoms with Crippen LogP contribution in [0.15, 0.2) is 12.4 Å². The quantitative estimate of drug-likeness (QED) is 0.719. The van der Waals surface area contributed by atoms with Crippen molar-refractivity contribution < 1.29 is 0 Å². The minimum absolute atomic E-state index is 0.764. The summed E-state index contributed by atoms with van der Waals surface area (Å²) in [7, 11) is 0. The predicted molar refractivity (Wildman–Crippen MR) is 60.9 cm³/mol. The van der Waals surface area contributed by atoms with Gasteiger partial charge >= 0.3 is 0 Å². The predicted octanol–water partition coefficient (Wildman–Crippen LogP) is 3.66. The smallest absolute Gasteiger partial charge is 0.112 e. The number of hydrogen-bond acceptors (Lipinski definition) is 1. The van der Waals surface area contributed by atoms with E-state index < -0.39 is 0 Å². The summed E-state index contributed by atoms with van der Waals surface area (Å²) in [5, 5.41) is 0. The number of imidazole rings is 1. The molecule has 2 aliphatic rings. The average molecular weight is 204 g/mol. The molecule has 15 heavy (non-hydrogen) atoms. The van der Waals surface area contributed by atoms with Crippen LogP contribution in [-0.4, -0.2) is 9.55 Å². The average Bonchev–Trinajstić information content (AvgIpc) is 3.01. The molecule has 0 radical (unpaired) electrons. The third kappa shape index (κ3) is 1.70. The maximum atomic E-state index is 4.61. The van der Waals surface area contributed by atoms with Gasteiger partial charge in [-0.3, -0.25) is 0 Å². The highest BCUT2D eigenvalue weighted by atomic mass is 15.1. The highest BCUT2D eigenvalue weighted by molar-refractivity contribution is 5.04. The number of aromatic nitrogens is 2. The first-order valence-electron chi connectivity index (χ1n) is 6.48. The van der Waals surface area contributed by atoms with Crippen LogP contribution in [0.1, 0.15) is 69.2 Å². The summed E-state index contributed by atoms with van der Waals surface area (Å²) in [6, 6.07) is 0.767. The van der Waals surface area contributed by atoms with Gasteiger partial charge in [0.05, 0.1) is 0 Å². The topological polar surface area (TPSA) is 17.8 Å². The van der Waals surface area contributed by atoms with Crippen LogP contribution in [0.3, 0.4) is 0 Å². The number of nitrogens with zero attached hydrogens (tertiary/aromatic N) is 2. The van der Waals surface area contributed by atoms with Crippen LogP contribution >= 0.6 is 0 Å². The Balaban J connectivity index is 1.84. The van der Waals surface area contributed by atoms with Gasteiger partial charge in [-0.25, -0.2) is 4.98 Å². The fourth-order valence-corrected chi connectivity index (χ4v) is 3.32. The van der Waals surface area contributed by atoms with Crippen molar-refractivity contribution >= 4 is 0 Å². The number of hydrogen-bond donors (Lipinski definition) is 0. The zero-order valence-corrected chi connectivity index (χ0v) is 9.36. The van der Waals surface area contributed by atoms with Gasteiger partial charge in [0.15, 0.2) is 0 Å². The maximum Gasteiger partial charge on any atom is 0.112 e. The third-order valence-corrected chi connectivity index (χ3v) is 4.14. The summed E-state index contributed by atoms with van der Waals surface area (Å²) in [5.41, 5.74) is 0. The first-order chi connectivity index (χ1) is 7.45. The molecule has 0 spiro atoms. The zero-order chi connectivity index (χ0) is 10.1. The SMILES string of the molecule is c1cn(C2CCCC2)c(C2CCCC2)n1. The molecule has 2 aliphatic carbocycles. The van der Waals surface area contributed by atoms with Crippen molar-refractivity contribution in [1.29, 1.82) is 0 Å². The van der Waals surface area contributed by atoms with Crippen molar-refractivity contribution in [2.75, 3.05) is 0 Å². The van der Waals surface area contributed by atoms with Gasteiger partial charge in [0.25, 0.3) is 0 Å². The summed E-state index contributed by atoms with van der Waals surface area (Å²) in [6.45, 7) is 0. The molecule has 1 aromatic rings. The van der Waals surface area contributed by atoms with E-state index in [0.29, 0.717) is 0 Å². The molecule has 2 nitrogen and oxygen atoms in total. The van der Waals surface area contributed by atoms with Crippen molar-refractivity contribution in [3.63, 3.8) is 0 Å². The molecule has 0 atom stereocenters. The molecule has 0 aliphatic heterocycles. The Kier molecular flexibility index (Phi) is 2.51. The zero-order valence-electron chi connectivity index (χ0n) is 9.36. The molecule has 3 rings (SSSR count). The second-order valence-electron chi connectivity index (χ2n) is 5.11. The molecule has 0 amide bonds. The molecule has 82 valence electrons. The van der Waals surface area contributed by atoms with Crippen LogP contribution in [0.4, 0.5) is 0 Å². The first kappa shape index (κ1) is 9.44. The molecular formula is C13H20N2. The number of rotatable bonds is 2. The minimum Gasteiger partial charge on any atom is -0.332 e. The van der Waals surface area contributed by atoms with E-state index >= 15 is 0 Å². The minimum atomic E-state index is 0.764. The van der Waals surface area contributed by atoms with Gasteiger partial charge in [0.1, 0.15) is 5.82 Å². The van der Waals surface area contributed by atoms with E-state index in [1.165, 1.54) is 57.2 Å². The van der Waals surface area contributed by atoms with Crippen molar-refractivity contribution in [3.8, 4) is 0 Å². The molecule has 0 saturated heterocycles. The normalized spacial score (nSPS) is 24.0. The van der Waals surface area contributed by atoms with E-state index in [1.54, 1.807) is 0 Å². The van der Waals surface area contributed by atoms with Crippen LogP contribution in [0, 0.1) is 0 Å². The van der Waals surface area contributed by atoms with E-state index in [1.807, 2.05) is 6.20 Å². The van der Waals surface area contributed by atoms with E-state index in [0.717, 1.165) is 12.0 Å². The molecule has 0 unspecified atom stereocenters. The largest absolute Gasteiger partial charge is 0.332 e. The molecule has 0 bridgehead atoms. The summed E-state index contributed by atoms with van der Waals surface area (Å²) in [4.78, 5) is 4.61. The lowest BCUT2D eigenvalue weighted by Crippen LogP contribution is -2.10. The second-order valence-corrected chi connectivity index (χ2v) is 5.11. The highest BCUT2D eigenvalue weighted by Crippen LogP contribution is 2.37. The van der Waals surface area contributed by atoms with E-state index in [9.17, 15) is 0 Å². The van der Waals surface area contributed by atoms with Gasteiger partial charge in [-0.1, -0.05) is 25.7 Å². The monoisotopic (exact) mass is 204 g/mol. The third-order valence-electron chi connectivity index (χ3n) is 4.14. The maximum absolute atomic E-state index is 4.61. The molecule has 1 heterocycles. The standard InChI is InChI=1S/C13H20N2/c1-2-6-11(5-1)13-14-9-10-15(13)12-7-3-4-8-12/h9-12H,1-8H2. The lowest BCUT2D eigenvalue weighted by molar-refractivity contribution is 0.475. The van der Waals surface area contributed by atoms with E-state index in [4.69, 9.17) is 0 Å². The van der Waals surface area contributed by atoms with Crippen LogP contribution in [0.5, 0.6) is 0 Å². The molecule has 1 aromatic heterocycles. The molecule has 0 aromatic carbocycles. The van der Waals surface area contributed by atoms with Gasteiger partial charge in [-0.15, -0.1) is 0 Å².